The van der Waals surface area contributed by atoms with Crippen LogP contribution in [0.25, 0.3) is 22.3 Å². The Kier molecular flexibility index (Phi) is 8.46. The number of carbonyl (C=O) groups is 1. The maximum Gasteiger partial charge on any atom is 0.344 e. The lowest BCUT2D eigenvalue weighted by molar-refractivity contribution is -0.386. The average Bonchev–Trinajstić information content (AvgIpc) is 2.93. The van der Waals surface area contributed by atoms with E-state index in [2.05, 4.69) is 5.10 Å². The summed E-state index contributed by atoms with van der Waals surface area (Å²) in [6.07, 6.45) is 0.0255. The minimum atomic E-state index is -1.29. The predicted molar refractivity (Wildman–Crippen MR) is 155 cm³/mol. The number of hydrogen-bond donors (Lipinski definition) is 1. The largest absolute Gasteiger partial charge is 0.494 e. The molecule has 0 bridgehead atoms. The molecule has 4 rings (SSSR count). The number of para-hydroxylation sites is 1. The lowest BCUT2D eigenvalue weighted by Crippen LogP contribution is -2.23. The van der Waals surface area contributed by atoms with Gasteiger partial charge in [-0.25, -0.2) is 9.78 Å². The molecule has 1 heterocycles. The summed E-state index contributed by atoms with van der Waals surface area (Å²) in [5, 5.41) is 25.6. The molecule has 0 saturated carbocycles. The normalized spacial score (nSPS) is 12.1. The van der Waals surface area contributed by atoms with Gasteiger partial charge in [0.15, 0.2) is 17.7 Å². The second-order valence-electron chi connectivity index (χ2n) is 9.69. The van der Waals surface area contributed by atoms with Crippen molar-refractivity contribution in [3.63, 3.8) is 0 Å². The van der Waals surface area contributed by atoms with E-state index in [0.29, 0.717) is 34.5 Å². The van der Waals surface area contributed by atoms with Crippen LogP contribution in [0.2, 0.25) is 0 Å². The zero-order chi connectivity index (χ0) is 29.8. The van der Waals surface area contributed by atoms with E-state index >= 15 is 0 Å². The number of nitrogens with zero attached hydrogens (tertiary/aromatic N) is 4. The number of aryl methyl sites for hydroxylation is 1. The number of carboxylic acids is 1. The third-order valence-electron chi connectivity index (χ3n) is 6.43. The van der Waals surface area contributed by atoms with Crippen LogP contribution in [-0.2, 0) is 4.79 Å². The molecule has 11 heteroatoms. The van der Waals surface area contributed by atoms with E-state index in [-0.39, 0.29) is 11.7 Å². The van der Waals surface area contributed by atoms with Gasteiger partial charge in [-0.05, 0) is 74.2 Å². The molecule has 0 aliphatic carbocycles. The molecular formula is C30H30N4O7. The van der Waals surface area contributed by atoms with Gasteiger partial charge in [-0.3, -0.25) is 14.9 Å². The topological polar surface area (TPSA) is 146 Å². The van der Waals surface area contributed by atoms with Crippen molar-refractivity contribution >= 4 is 28.8 Å². The minimum absolute atomic E-state index is 0.130. The van der Waals surface area contributed by atoms with Crippen LogP contribution in [-0.4, -0.2) is 44.6 Å². The lowest BCUT2D eigenvalue weighted by Gasteiger charge is -2.18. The van der Waals surface area contributed by atoms with Gasteiger partial charge in [-0.15, -0.1) is 0 Å². The van der Waals surface area contributed by atoms with Crippen LogP contribution < -0.4 is 15.0 Å². The molecular weight excluding hydrogens is 528 g/mol. The van der Waals surface area contributed by atoms with Gasteiger partial charge in [0.25, 0.3) is 5.56 Å². The van der Waals surface area contributed by atoms with E-state index in [1.165, 1.54) is 36.0 Å². The summed E-state index contributed by atoms with van der Waals surface area (Å²) < 4.78 is 12.3. The molecule has 0 radical (unpaired) electrons. The molecule has 4 aromatic rings. The number of aliphatic carboxylic acids is 1. The Morgan fingerprint density at radius 3 is 2.54 bits per heavy atom. The minimum Gasteiger partial charge on any atom is -0.494 e. The molecule has 3 aromatic carbocycles. The molecule has 11 nitrogen and oxygen atoms in total. The maximum absolute atomic E-state index is 13.7. The number of aromatic nitrogens is 2. The summed E-state index contributed by atoms with van der Waals surface area (Å²) >= 11 is 0. The van der Waals surface area contributed by atoms with E-state index in [9.17, 15) is 19.7 Å². The smallest absolute Gasteiger partial charge is 0.344 e. The molecule has 0 fully saturated rings. The molecule has 1 N–H and O–H groups in total. The lowest BCUT2D eigenvalue weighted by atomic mass is 9.96. The van der Waals surface area contributed by atoms with Crippen molar-refractivity contribution in [2.24, 2.45) is 5.10 Å². The van der Waals surface area contributed by atoms with Crippen molar-refractivity contribution in [1.29, 1.82) is 0 Å². The molecule has 0 aliphatic rings. The molecule has 0 aliphatic heterocycles. The van der Waals surface area contributed by atoms with Crippen molar-refractivity contribution in [3.05, 3.63) is 91.8 Å². The molecule has 41 heavy (non-hydrogen) atoms. The number of benzene rings is 3. The zero-order valence-corrected chi connectivity index (χ0v) is 23.3. The van der Waals surface area contributed by atoms with Crippen molar-refractivity contribution in [2.75, 3.05) is 6.61 Å². The highest BCUT2D eigenvalue weighted by molar-refractivity contribution is 5.83. The first-order valence-electron chi connectivity index (χ1n) is 13.0. The molecule has 1 atom stereocenters. The van der Waals surface area contributed by atoms with Crippen LogP contribution in [0.3, 0.4) is 0 Å². The van der Waals surface area contributed by atoms with Gasteiger partial charge in [-0.1, -0.05) is 26.0 Å². The van der Waals surface area contributed by atoms with Gasteiger partial charge in [0, 0.05) is 17.2 Å². The van der Waals surface area contributed by atoms with E-state index < -0.39 is 28.2 Å². The first kappa shape index (κ1) is 28.9. The van der Waals surface area contributed by atoms with Gasteiger partial charge in [0.2, 0.25) is 0 Å². The highest BCUT2D eigenvalue weighted by atomic mass is 16.6. The fourth-order valence-electron chi connectivity index (χ4n) is 4.30. The van der Waals surface area contributed by atoms with E-state index in [1.807, 2.05) is 39.8 Å². The second-order valence-corrected chi connectivity index (χ2v) is 9.69. The van der Waals surface area contributed by atoms with Crippen LogP contribution >= 0.6 is 0 Å². The summed E-state index contributed by atoms with van der Waals surface area (Å²) in [6.45, 7) is 9.70. The Morgan fingerprint density at radius 1 is 1.15 bits per heavy atom. The first-order chi connectivity index (χ1) is 19.5. The highest BCUT2D eigenvalue weighted by Crippen LogP contribution is 2.34. The number of carboxylic acid groups (broad SMARTS) is 1. The van der Waals surface area contributed by atoms with Crippen molar-refractivity contribution < 1.29 is 24.3 Å². The van der Waals surface area contributed by atoms with Crippen LogP contribution in [0.15, 0.2) is 64.5 Å². The van der Waals surface area contributed by atoms with Crippen molar-refractivity contribution in [3.8, 4) is 22.9 Å². The van der Waals surface area contributed by atoms with Crippen molar-refractivity contribution in [1.82, 2.24) is 9.66 Å². The molecule has 0 saturated heterocycles. The maximum atomic E-state index is 13.7. The van der Waals surface area contributed by atoms with Gasteiger partial charge >= 0.3 is 11.7 Å². The third-order valence-corrected chi connectivity index (χ3v) is 6.43. The predicted octanol–water partition coefficient (Wildman–Crippen LogP) is 5.54. The number of fused-ring (bicyclic) bond motifs is 1. The molecule has 0 amide bonds. The summed E-state index contributed by atoms with van der Waals surface area (Å²) in [6, 6.07) is 14.8. The van der Waals surface area contributed by atoms with E-state index in [0.717, 1.165) is 16.9 Å². The Balaban J connectivity index is 1.89. The van der Waals surface area contributed by atoms with Crippen LogP contribution in [0.1, 0.15) is 50.3 Å². The highest BCUT2D eigenvalue weighted by Gasteiger charge is 2.22. The third kappa shape index (κ3) is 6.08. The molecule has 212 valence electrons. The quantitative estimate of drug-likeness (QED) is 0.152. The van der Waals surface area contributed by atoms with E-state index in [4.69, 9.17) is 19.6 Å². The Labute approximate surface area is 235 Å². The van der Waals surface area contributed by atoms with Crippen LogP contribution in [0, 0.1) is 17.0 Å². The monoisotopic (exact) mass is 558 g/mol. The molecule has 0 unspecified atom stereocenters. The zero-order valence-electron chi connectivity index (χ0n) is 23.3. The Morgan fingerprint density at radius 2 is 1.88 bits per heavy atom. The number of ether oxygens (including phenoxy) is 2. The number of nitro benzene ring substituents is 1. The fraction of sp³-hybridized carbons (Fsp3) is 0.267. The molecule has 1 aromatic heterocycles. The van der Waals surface area contributed by atoms with Crippen molar-refractivity contribution in [2.45, 2.75) is 46.6 Å². The number of hydrogen-bond acceptors (Lipinski definition) is 8. The van der Waals surface area contributed by atoms with Gasteiger partial charge in [0.05, 0.1) is 28.6 Å². The number of nitro groups is 1. The van der Waals surface area contributed by atoms with Gasteiger partial charge in [0.1, 0.15) is 5.75 Å². The second kappa shape index (κ2) is 12.0. The Bertz CT molecular complexity index is 1730. The molecule has 0 spiro atoms. The number of rotatable bonds is 10. The average molecular weight is 559 g/mol. The summed E-state index contributed by atoms with van der Waals surface area (Å²) in [5.74, 6) is -0.263. The van der Waals surface area contributed by atoms with Gasteiger partial charge < -0.3 is 14.6 Å². The summed E-state index contributed by atoms with van der Waals surface area (Å²) in [4.78, 5) is 40.6. The standard InChI is InChI=1S/C30H30N4O7/c1-6-40-27-13-18(4)23(15-22(27)17(2)3)28-32-24-10-8-7-9-21(24)29(35)33(28)31-16-20-11-12-26(25(14-20)34(38)39)41-19(5)30(36)37/h7-17,19H,6H2,1-5H3,(H,36,37)/t19-/m0/s1. The van der Waals surface area contributed by atoms with Gasteiger partial charge in [-0.2, -0.15) is 9.78 Å². The summed E-state index contributed by atoms with van der Waals surface area (Å²) in [7, 11) is 0. The van der Waals surface area contributed by atoms with Crippen LogP contribution in [0.4, 0.5) is 5.69 Å². The Hall–Kier alpha value is -5.06. The van der Waals surface area contributed by atoms with E-state index in [1.54, 1.807) is 24.3 Å². The van der Waals surface area contributed by atoms with Crippen LogP contribution in [0.5, 0.6) is 11.5 Å². The fourth-order valence-corrected chi connectivity index (χ4v) is 4.30. The summed E-state index contributed by atoms with van der Waals surface area (Å²) in [5.41, 5.74) is 2.42. The first-order valence-corrected chi connectivity index (χ1v) is 13.0. The SMILES string of the molecule is CCOc1cc(C)c(-c2nc3ccccc3c(=O)n2N=Cc2ccc(O[C@@H](C)C(=O)O)c([N+](=O)[O-])c2)cc1C(C)C.